The van der Waals surface area contributed by atoms with Crippen LogP contribution in [0.1, 0.15) is 25.3 Å². The summed E-state index contributed by atoms with van der Waals surface area (Å²) in [6.45, 7) is 2.51. The van der Waals surface area contributed by atoms with E-state index in [2.05, 4.69) is 9.97 Å². The lowest BCUT2D eigenvalue weighted by Gasteiger charge is -2.24. The molecule has 2 aromatic heterocycles. The maximum atomic E-state index is 13.3. The summed E-state index contributed by atoms with van der Waals surface area (Å²) in [5, 5.41) is 0. The number of anilines is 2. The van der Waals surface area contributed by atoms with Crippen LogP contribution in [-0.4, -0.2) is 32.7 Å². The lowest BCUT2D eigenvalue weighted by molar-refractivity contribution is -0.116. The van der Waals surface area contributed by atoms with E-state index < -0.39 is 11.2 Å². The summed E-state index contributed by atoms with van der Waals surface area (Å²) in [4.78, 5) is 46.9. The smallest absolute Gasteiger partial charge is 0.330 e. The number of carbonyl (C=O) groups is 1. The highest BCUT2D eigenvalue weighted by Crippen LogP contribution is 2.30. The van der Waals surface area contributed by atoms with E-state index in [0.717, 1.165) is 26.5 Å². The predicted octanol–water partition coefficient (Wildman–Crippen LogP) is 3.70. The molecule has 0 aliphatic rings. The molecule has 34 heavy (non-hydrogen) atoms. The van der Waals surface area contributed by atoms with Crippen LogP contribution in [0.15, 0.2) is 68.5 Å². The number of carbonyl (C=O) groups excluding carboxylic acids is 1. The van der Waals surface area contributed by atoms with Crippen molar-refractivity contribution in [2.45, 2.75) is 30.6 Å². The Hall–Kier alpha value is -3.37. The maximum absolute atomic E-state index is 13.3. The molecule has 0 atom stereocenters. The molecule has 3 N–H and O–H groups in total. The fourth-order valence-electron chi connectivity index (χ4n) is 3.55. The molecule has 4 aromatic rings. The molecule has 0 saturated carbocycles. The monoisotopic (exact) mass is 495 g/mol. The number of nitrogens with zero attached hydrogens (tertiary/aromatic N) is 3. The summed E-state index contributed by atoms with van der Waals surface area (Å²) in [6, 6.07) is 17.1. The topological polar surface area (TPSA) is 114 Å². The van der Waals surface area contributed by atoms with Gasteiger partial charge in [-0.1, -0.05) is 67.6 Å². The van der Waals surface area contributed by atoms with Crippen molar-refractivity contribution in [2.24, 2.45) is 0 Å². The van der Waals surface area contributed by atoms with Crippen molar-refractivity contribution in [3.63, 3.8) is 0 Å². The second-order valence-electron chi connectivity index (χ2n) is 7.70. The molecule has 2 aromatic carbocycles. The average Bonchev–Trinajstić information content (AvgIpc) is 3.26. The first kappa shape index (κ1) is 23.8. The van der Waals surface area contributed by atoms with Crippen molar-refractivity contribution in [1.29, 1.82) is 0 Å². The molecule has 2 heterocycles. The molecular weight excluding hydrogens is 470 g/mol. The number of nitrogens with one attached hydrogen (secondary N) is 1. The fourth-order valence-corrected chi connectivity index (χ4v) is 5.50. The van der Waals surface area contributed by atoms with Gasteiger partial charge < -0.3 is 10.6 Å². The van der Waals surface area contributed by atoms with E-state index in [4.69, 9.17) is 5.73 Å². The van der Waals surface area contributed by atoms with Crippen molar-refractivity contribution in [1.82, 2.24) is 14.5 Å². The van der Waals surface area contributed by atoms with Crippen molar-refractivity contribution in [3.8, 4) is 0 Å². The van der Waals surface area contributed by atoms with Gasteiger partial charge in [-0.3, -0.25) is 19.1 Å². The highest BCUT2D eigenvalue weighted by Gasteiger charge is 2.24. The SMILES string of the molecule is CCCCN(C(=O)CSc1nc2ccccc2s1)c1c(N)n(Cc2ccccc2)c(=O)[nH]c1=O. The van der Waals surface area contributed by atoms with Crippen LogP contribution in [0.3, 0.4) is 0 Å². The summed E-state index contributed by atoms with van der Waals surface area (Å²) in [5.41, 5.74) is 6.81. The van der Waals surface area contributed by atoms with Gasteiger partial charge in [-0.2, -0.15) is 0 Å². The van der Waals surface area contributed by atoms with Crippen LogP contribution < -0.4 is 21.9 Å². The van der Waals surface area contributed by atoms with Crippen molar-refractivity contribution in [3.05, 3.63) is 81.0 Å². The number of hydrogen-bond acceptors (Lipinski definition) is 7. The third-order valence-electron chi connectivity index (χ3n) is 5.30. The molecule has 10 heteroatoms. The molecule has 0 aliphatic heterocycles. The van der Waals surface area contributed by atoms with E-state index in [-0.39, 0.29) is 29.7 Å². The zero-order valence-electron chi connectivity index (χ0n) is 18.7. The number of nitrogen functional groups attached to an aromatic ring is 1. The molecule has 0 fully saturated rings. The number of amides is 1. The van der Waals surface area contributed by atoms with E-state index in [9.17, 15) is 14.4 Å². The third-order valence-corrected chi connectivity index (χ3v) is 7.46. The second kappa shape index (κ2) is 10.7. The number of thiazole rings is 1. The lowest BCUT2D eigenvalue weighted by Crippen LogP contribution is -2.42. The molecule has 4 rings (SSSR count). The van der Waals surface area contributed by atoms with E-state index in [1.807, 2.05) is 61.5 Å². The van der Waals surface area contributed by atoms with Crippen LogP contribution in [0.4, 0.5) is 11.5 Å². The number of nitrogens with two attached hydrogens (primary N) is 1. The Morgan fingerprint density at radius 3 is 2.62 bits per heavy atom. The Bertz CT molecular complexity index is 1380. The van der Waals surface area contributed by atoms with Crippen molar-refractivity contribution < 1.29 is 4.79 Å². The number of H-pyrrole nitrogens is 1. The molecule has 0 spiro atoms. The number of unbranched alkanes of at least 4 members (excludes halogenated alkanes) is 1. The highest BCUT2D eigenvalue weighted by molar-refractivity contribution is 8.01. The first-order valence-corrected chi connectivity index (χ1v) is 12.7. The van der Waals surface area contributed by atoms with E-state index in [1.165, 1.54) is 32.6 Å². The Morgan fingerprint density at radius 2 is 1.88 bits per heavy atom. The third kappa shape index (κ3) is 5.23. The first-order chi connectivity index (χ1) is 16.5. The second-order valence-corrected chi connectivity index (χ2v) is 9.95. The number of fused-ring (bicyclic) bond motifs is 1. The Balaban J connectivity index is 1.63. The molecule has 176 valence electrons. The first-order valence-electron chi connectivity index (χ1n) is 10.9. The number of hydrogen-bond donors (Lipinski definition) is 2. The summed E-state index contributed by atoms with van der Waals surface area (Å²) < 4.78 is 3.12. The van der Waals surface area contributed by atoms with Crippen LogP contribution >= 0.6 is 23.1 Å². The minimum atomic E-state index is -0.666. The average molecular weight is 496 g/mol. The predicted molar refractivity (Wildman–Crippen MR) is 139 cm³/mol. The Kier molecular flexibility index (Phi) is 7.49. The lowest BCUT2D eigenvalue weighted by atomic mass is 10.2. The number of aromatic amines is 1. The number of benzene rings is 2. The van der Waals surface area contributed by atoms with Crippen LogP contribution in [0.2, 0.25) is 0 Å². The molecule has 1 amide bonds. The van der Waals surface area contributed by atoms with E-state index >= 15 is 0 Å². The maximum Gasteiger partial charge on any atom is 0.330 e. The van der Waals surface area contributed by atoms with Crippen LogP contribution in [0.25, 0.3) is 10.2 Å². The Labute approximate surface area is 204 Å². The van der Waals surface area contributed by atoms with Gasteiger partial charge >= 0.3 is 5.69 Å². The van der Waals surface area contributed by atoms with E-state index in [0.29, 0.717) is 13.0 Å². The number of thioether (sulfide) groups is 1. The molecular formula is C24H25N5O3S2. The number of aromatic nitrogens is 3. The van der Waals surface area contributed by atoms with Gasteiger partial charge in [0.05, 0.1) is 22.5 Å². The molecule has 0 saturated heterocycles. The van der Waals surface area contributed by atoms with Crippen molar-refractivity contribution >= 4 is 50.7 Å². The van der Waals surface area contributed by atoms with Gasteiger partial charge in [0.1, 0.15) is 5.82 Å². The summed E-state index contributed by atoms with van der Waals surface area (Å²) >= 11 is 2.85. The standard InChI is InChI=1S/C24H25N5O3S2/c1-2-3-13-28(19(30)15-33-24-26-17-11-7-8-12-18(17)34-24)20-21(25)29(23(32)27-22(20)31)14-16-9-5-4-6-10-16/h4-12H,2-3,13-15,25H2,1H3,(H,27,31,32). The van der Waals surface area contributed by atoms with Crippen LogP contribution in [0, 0.1) is 0 Å². The summed E-state index contributed by atoms with van der Waals surface area (Å²) in [6.07, 6.45) is 1.52. The number of rotatable bonds is 9. The minimum Gasteiger partial charge on any atom is -0.383 e. The molecule has 0 bridgehead atoms. The summed E-state index contributed by atoms with van der Waals surface area (Å²) in [7, 11) is 0. The fraction of sp³-hybridized carbons (Fsp3) is 0.250. The van der Waals surface area contributed by atoms with Gasteiger partial charge in [-0.05, 0) is 24.1 Å². The quantitative estimate of drug-likeness (QED) is 0.342. The largest absolute Gasteiger partial charge is 0.383 e. The van der Waals surface area contributed by atoms with Gasteiger partial charge in [0.15, 0.2) is 10.0 Å². The van der Waals surface area contributed by atoms with Gasteiger partial charge in [-0.25, -0.2) is 9.78 Å². The minimum absolute atomic E-state index is 0.0129. The van der Waals surface area contributed by atoms with Crippen molar-refractivity contribution in [2.75, 3.05) is 22.9 Å². The molecule has 0 aliphatic carbocycles. The van der Waals surface area contributed by atoms with Gasteiger partial charge in [-0.15, -0.1) is 11.3 Å². The van der Waals surface area contributed by atoms with Gasteiger partial charge in [0.25, 0.3) is 5.56 Å². The highest BCUT2D eigenvalue weighted by atomic mass is 32.2. The summed E-state index contributed by atoms with van der Waals surface area (Å²) in [5.74, 6) is -0.188. The number of para-hydroxylation sites is 1. The van der Waals surface area contributed by atoms with E-state index in [1.54, 1.807) is 0 Å². The van der Waals surface area contributed by atoms with Gasteiger partial charge in [0.2, 0.25) is 5.91 Å². The van der Waals surface area contributed by atoms with Crippen LogP contribution in [-0.2, 0) is 11.3 Å². The van der Waals surface area contributed by atoms with Gasteiger partial charge in [0, 0.05) is 6.54 Å². The zero-order chi connectivity index (χ0) is 24.1. The molecule has 8 nitrogen and oxygen atoms in total. The Morgan fingerprint density at radius 1 is 1.15 bits per heavy atom. The zero-order valence-corrected chi connectivity index (χ0v) is 20.3. The molecule has 0 unspecified atom stereocenters. The molecule has 0 radical (unpaired) electrons. The van der Waals surface area contributed by atoms with Crippen LogP contribution in [0.5, 0.6) is 0 Å². The normalized spacial score (nSPS) is 11.1.